The number of furan rings is 1. The van der Waals surface area contributed by atoms with E-state index in [0.29, 0.717) is 12.1 Å². The van der Waals surface area contributed by atoms with Crippen molar-refractivity contribution in [3.05, 3.63) is 72.7 Å². The van der Waals surface area contributed by atoms with Gasteiger partial charge in [-0.25, -0.2) is 5.43 Å². The zero-order chi connectivity index (χ0) is 14.5. The van der Waals surface area contributed by atoms with Crippen LogP contribution in [0.15, 0.2) is 65.8 Å². The van der Waals surface area contributed by atoms with E-state index in [1.165, 1.54) is 0 Å². The minimum atomic E-state index is 0.0249. The van der Waals surface area contributed by atoms with E-state index in [0.717, 1.165) is 5.76 Å². The summed E-state index contributed by atoms with van der Waals surface area (Å²) in [7, 11) is 0. The lowest BCUT2D eigenvalue weighted by atomic mass is 10.1. The number of benzene rings is 1. The fourth-order valence-corrected chi connectivity index (χ4v) is 1.93. The minimum Gasteiger partial charge on any atom is -0.467 e. The topological polar surface area (TPSA) is 63.9 Å². The highest BCUT2D eigenvalue weighted by molar-refractivity contribution is 5.94. The number of hydrogen-bond donors (Lipinski definition) is 1. The van der Waals surface area contributed by atoms with Crippen molar-refractivity contribution in [2.75, 3.05) is 5.43 Å². The van der Waals surface area contributed by atoms with Gasteiger partial charge in [0.15, 0.2) is 6.54 Å². The van der Waals surface area contributed by atoms with E-state index in [9.17, 15) is 4.79 Å². The van der Waals surface area contributed by atoms with Crippen LogP contribution in [0, 0.1) is 0 Å². The summed E-state index contributed by atoms with van der Waals surface area (Å²) < 4.78 is 8.51. The fourth-order valence-electron chi connectivity index (χ4n) is 1.93. The van der Waals surface area contributed by atoms with Crippen molar-refractivity contribution in [3.8, 4) is 0 Å². The molecule has 1 aromatic carbocycles. The highest BCUT2D eigenvalue weighted by Gasteiger charge is 2.12. The number of nitrogens with one attached hydrogen (secondary N) is 1. The molecule has 0 unspecified atom stereocenters. The van der Waals surface area contributed by atoms with Gasteiger partial charge in [0.1, 0.15) is 12.3 Å². The van der Waals surface area contributed by atoms with Crippen LogP contribution in [0.5, 0.6) is 0 Å². The summed E-state index contributed by atoms with van der Waals surface area (Å²) in [5.41, 5.74) is 3.79. The van der Waals surface area contributed by atoms with Gasteiger partial charge in [-0.05, 0) is 17.2 Å². The summed E-state index contributed by atoms with van der Waals surface area (Å²) in [6.07, 6.45) is 4.97. The number of aromatic nitrogens is 3. The molecular formula is C15H15N4O2+. The van der Waals surface area contributed by atoms with Crippen LogP contribution >= 0.6 is 0 Å². The van der Waals surface area contributed by atoms with Gasteiger partial charge in [-0.3, -0.25) is 4.79 Å². The summed E-state index contributed by atoms with van der Waals surface area (Å²) in [5.74, 6) is 0.854. The van der Waals surface area contributed by atoms with E-state index in [4.69, 9.17) is 4.42 Å². The van der Waals surface area contributed by atoms with E-state index in [2.05, 4.69) is 10.5 Å². The Morgan fingerprint density at radius 3 is 2.86 bits per heavy atom. The second-order valence-corrected chi connectivity index (χ2v) is 4.55. The molecule has 21 heavy (non-hydrogen) atoms. The summed E-state index contributed by atoms with van der Waals surface area (Å²) in [6, 6.07) is 12.9. The first-order chi connectivity index (χ1) is 10.3. The van der Waals surface area contributed by atoms with Crippen LogP contribution in [0.4, 0.5) is 0 Å². The third kappa shape index (κ3) is 3.36. The van der Waals surface area contributed by atoms with Crippen LogP contribution in [0.25, 0.3) is 0 Å². The summed E-state index contributed by atoms with van der Waals surface area (Å²) >= 11 is 0. The predicted molar refractivity (Wildman–Crippen MR) is 75.0 cm³/mol. The Morgan fingerprint density at radius 2 is 2.10 bits per heavy atom. The molecule has 0 aliphatic carbocycles. The summed E-state index contributed by atoms with van der Waals surface area (Å²) in [6.45, 7) is 0.759. The van der Waals surface area contributed by atoms with Gasteiger partial charge in [0.25, 0.3) is 6.33 Å². The molecule has 0 atom stereocenters. The Balaban J connectivity index is 1.59. The standard InChI is InChI=1S/C15H15N4O2/c20-15(13-5-2-1-3-6-13)10-18-12-19(11-17-18)16-9-14-7-4-8-21-14/h1-8,11-12,16H,9-10H2/q+1. The van der Waals surface area contributed by atoms with Crippen molar-refractivity contribution in [3.63, 3.8) is 0 Å². The molecule has 0 aliphatic heterocycles. The first kappa shape index (κ1) is 13.1. The Hall–Kier alpha value is -2.89. The molecule has 0 fully saturated rings. The second kappa shape index (κ2) is 6.04. The fraction of sp³-hybridized carbons (Fsp3) is 0.133. The van der Waals surface area contributed by atoms with Crippen LogP contribution in [0.2, 0.25) is 0 Å². The average molecular weight is 283 g/mol. The zero-order valence-corrected chi connectivity index (χ0v) is 11.3. The van der Waals surface area contributed by atoms with E-state index in [-0.39, 0.29) is 12.3 Å². The molecule has 0 amide bonds. The lowest BCUT2D eigenvalue weighted by Crippen LogP contribution is -2.39. The molecule has 0 saturated carbocycles. The van der Waals surface area contributed by atoms with Crippen molar-refractivity contribution >= 4 is 5.78 Å². The highest BCUT2D eigenvalue weighted by atomic mass is 16.3. The number of Topliss-reactive ketones (excluding diaryl/α,β-unsaturated/α-hetero) is 1. The van der Waals surface area contributed by atoms with Crippen LogP contribution in [0.3, 0.4) is 0 Å². The molecule has 6 heteroatoms. The van der Waals surface area contributed by atoms with Crippen molar-refractivity contribution in [2.24, 2.45) is 0 Å². The Kier molecular flexibility index (Phi) is 3.77. The van der Waals surface area contributed by atoms with E-state index in [1.807, 2.05) is 30.3 Å². The van der Waals surface area contributed by atoms with Gasteiger partial charge in [0.2, 0.25) is 12.1 Å². The largest absolute Gasteiger partial charge is 0.467 e. The first-order valence-corrected chi connectivity index (χ1v) is 6.59. The predicted octanol–water partition coefficient (Wildman–Crippen LogP) is 1.39. The molecule has 1 N–H and O–H groups in total. The molecular weight excluding hydrogens is 268 g/mol. The third-order valence-electron chi connectivity index (χ3n) is 3.00. The number of rotatable bonds is 6. The van der Waals surface area contributed by atoms with E-state index < -0.39 is 0 Å². The normalized spacial score (nSPS) is 10.5. The van der Waals surface area contributed by atoms with E-state index >= 15 is 0 Å². The monoisotopic (exact) mass is 283 g/mol. The molecule has 0 radical (unpaired) electrons. The molecule has 0 saturated heterocycles. The van der Waals surface area contributed by atoms with E-state index in [1.54, 1.807) is 40.4 Å². The van der Waals surface area contributed by atoms with Crippen LogP contribution in [0.1, 0.15) is 16.1 Å². The SMILES string of the molecule is O=C(C[n+]1cn(NCc2ccco2)cn1)c1ccccc1. The highest BCUT2D eigenvalue weighted by Crippen LogP contribution is 2.00. The quantitative estimate of drug-likeness (QED) is 0.548. The number of carbonyl (C=O) groups excluding carboxylic acids is 1. The molecule has 0 aliphatic rings. The van der Waals surface area contributed by atoms with Gasteiger partial charge in [-0.2, -0.15) is 0 Å². The lowest BCUT2D eigenvalue weighted by molar-refractivity contribution is -0.739. The maximum Gasteiger partial charge on any atom is 0.289 e. The Morgan fingerprint density at radius 1 is 1.24 bits per heavy atom. The lowest BCUT2D eigenvalue weighted by Gasteiger charge is -1.97. The summed E-state index contributed by atoms with van der Waals surface area (Å²) in [5, 5.41) is 4.15. The number of ketones is 1. The van der Waals surface area contributed by atoms with Gasteiger partial charge in [-0.15, -0.1) is 9.36 Å². The van der Waals surface area contributed by atoms with Crippen molar-refractivity contribution < 1.29 is 13.9 Å². The van der Waals surface area contributed by atoms with Gasteiger partial charge in [-0.1, -0.05) is 30.3 Å². The number of hydrogen-bond acceptors (Lipinski definition) is 4. The van der Waals surface area contributed by atoms with Gasteiger partial charge >= 0.3 is 0 Å². The molecule has 2 heterocycles. The number of nitrogens with zero attached hydrogens (tertiary/aromatic N) is 3. The Bertz CT molecular complexity index is 704. The maximum absolute atomic E-state index is 12.1. The molecule has 0 bridgehead atoms. The smallest absolute Gasteiger partial charge is 0.289 e. The molecule has 2 aromatic heterocycles. The maximum atomic E-state index is 12.1. The third-order valence-corrected chi connectivity index (χ3v) is 3.00. The average Bonchev–Trinajstić information content (AvgIpc) is 3.17. The van der Waals surface area contributed by atoms with Crippen molar-refractivity contribution in [2.45, 2.75) is 13.1 Å². The van der Waals surface area contributed by atoms with Gasteiger partial charge in [0, 0.05) is 5.56 Å². The van der Waals surface area contributed by atoms with Gasteiger partial charge in [0.05, 0.1) is 6.26 Å². The second-order valence-electron chi connectivity index (χ2n) is 4.55. The molecule has 3 aromatic rings. The molecule has 3 rings (SSSR count). The zero-order valence-electron chi connectivity index (χ0n) is 11.3. The minimum absolute atomic E-state index is 0.0249. The van der Waals surface area contributed by atoms with Gasteiger partial charge < -0.3 is 4.42 Å². The summed E-state index contributed by atoms with van der Waals surface area (Å²) in [4.78, 5) is 12.1. The van der Waals surface area contributed by atoms with Crippen molar-refractivity contribution in [1.82, 2.24) is 9.77 Å². The van der Waals surface area contributed by atoms with Crippen LogP contribution in [-0.2, 0) is 13.1 Å². The van der Waals surface area contributed by atoms with Crippen LogP contribution in [-0.4, -0.2) is 15.6 Å². The first-order valence-electron chi connectivity index (χ1n) is 6.59. The molecule has 106 valence electrons. The molecule has 6 nitrogen and oxygen atoms in total. The Labute approximate surface area is 121 Å². The van der Waals surface area contributed by atoms with Crippen molar-refractivity contribution in [1.29, 1.82) is 0 Å². The number of carbonyl (C=O) groups is 1. The molecule has 0 spiro atoms. The van der Waals surface area contributed by atoms with Crippen LogP contribution < -0.4 is 10.1 Å².